The van der Waals surface area contributed by atoms with E-state index in [9.17, 15) is 0 Å². The fraction of sp³-hybridized carbons (Fsp3) is 0.200. The van der Waals surface area contributed by atoms with Crippen LogP contribution in [0.3, 0.4) is 0 Å². The summed E-state index contributed by atoms with van der Waals surface area (Å²) in [6.07, 6.45) is 4.79. The monoisotopic (exact) mass is 269 g/mol. The van der Waals surface area contributed by atoms with Crippen molar-refractivity contribution in [3.63, 3.8) is 0 Å². The molecule has 1 aromatic carbocycles. The van der Waals surface area contributed by atoms with E-state index in [1.165, 1.54) is 5.56 Å². The van der Waals surface area contributed by atoms with Gasteiger partial charge in [0.15, 0.2) is 0 Å². The Morgan fingerprint density at radius 2 is 2.00 bits per heavy atom. The standard InChI is InChI=1S/C15H15N3O2/c16-13(7-6-11-4-2-1-3-5-11)15-17-14(18-20-15)12-8-9-19-10-12/h1-5,8-10,13H,6-7,16H2/t13-/m0/s1. The summed E-state index contributed by atoms with van der Waals surface area (Å²) in [5.41, 5.74) is 8.12. The Hall–Kier alpha value is -2.40. The molecule has 0 aliphatic heterocycles. The summed E-state index contributed by atoms with van der Waals surface area (Å²) >= 11 is 0. The molecular formula is C15H15N3O2. The van der Waals surface area contributed by atoms with Gasteiger partial charge >= 0.3 is 0 Å². The predicted molar refractivity (Wildman–Crippen MR) is 73.7 cm³/mol. The second-order valence-corrected chi connectivity index (χ2v) is 4.60. The average molecular weight is 269 g/mol. The van der Waals surface area contributed by atoms with Gasteiger partial charge in [-0.1, -0.05) is 35.5 Å². The molecular weight excluding hydrogens is 254 g/mol. The Labute approximate surface area is 116 Å². The van der Waals surface area contributed by atoms with Crippen LogP contribution in [0.25, 0.3) is 11.4 Å². The minimum Gasteiger partial charge on any atom is -0.472 e. The van der Waals surface area contributed by atoms with Crippen LogP contribution in [0.4, 0.5) is 0 Å². The van der Waals surface area contributed by atoms with Crippen molar-refractivity contribution in [1.29, 1.82) is 0 Å². The molecule has 0 fully saturated rings. The third-order valence-corrected chi connectivity index (χ3v) is 3.13. The number of hydrogen-bond acceptors (Lipinski definition) is 5. The van der Waals surface area contributed by atoms with Crippen molar-refractivity contribution in [2.45, 2.75) is 18.9 Å². The van der Waals surface area contributed by atoms with Crippen LogP contribution in [0, 0.1) is 0 Å². The summed E-state index contributed by atoms with van der Waals surface area (Å²) in [6.45, 7) is 0. The Kier molecular flexibility index (Phi) is 3.60. The molecule has 3 rings (SSSR count). The molecule has 3 aromatic rings. The third kappa shape index (κ3) is 2.78. The van der Waals surface area contributed by atoms with Gasteiger partial charge in [0.1, 0.15) is 6.26 Å². The fourth-order valence-electron chi connectivity index (χ4n) is 1.99. The lowest BCUT2D eigenvalue weighted by Crippen LogP contribution is -2.11. The van der Waals surface area contributed by atoms with E-state index >= 15 is 0 Å². The lowest BCUT2D eigenvalue weighted by Gasteiger charge is -2.06. The van der Waals surface area contributed by atoms with Crippen LogP contribution in [0.1, 0.15) is 23.9 Å². The lowest BCUT2D eigenvalue weighted by atomic mass is 10.1. The van der Waals surface area contributed by atoms with Crippen molar-refractivity contribution >= 4 is 0 Å². The topological polar surface area (TPSA) is 78.1 Å². The first-order valence-corrected chi connectivity index (χ1v) is 6.48. The van der Waals surface area contributed by atoms with E-state index in [2.05, 4.69) is 22.3 Å². The molecule has 1 atom stereocenters. The molecule has 102 valence electrons. The molecule has 0 bridgehead atoms. The van der Waals surface area contributed by atoms with E-state index in [0.717, 1.165) is 18.4 Å². The van der Waals surface area contributed by atoms with Crippen molar-refractivity contribution in [2.24, 2.45) is 5.73 Å². The maximum absolute atomic E-state index is 6.09. The molecule has 0 saturated heterocycles. The van der Waals surface area contributed by atoms with Gasteiger partial charge in [0, 0.05) is 0 Å². The highest BCUT2D eigenvalue weighted by Gasteiger charge is 2.16. The fourth-order valence-corrected chi connectivity index (χ4v) is 1.99. The van der Waals surface area contributed by atoms with Gasteiger partial charge in [-0.15, -0.1) is 0 Å². The van der Waals surface area contributed by atoms with Crippen LogP contribution in [0.15, 0.2) is 57.9 Å². The normalized spacial score (nSPS) is 12.4. The maximum Gasteiger partial charge on any atom is 0.243 e. The van der Waals surface area contributed by atoms with E-state index in [-0.39, 0.29) is 6.04 Å². The van der Waals surface area contributed by atoms with E-state index in [1.807, 2.05) is 18.2 Å². The molecule has 0 aliphatic carbocycles. The average Bonchev–Trinajstić information content (AvgIpc) is 3.16. The highest BCUT2D eigenvalue weighted by Crippen LogP contribution is 2.20. The molecule has 2 aromatic heterocycles. The van der Waals surface area contributed by atoms with E-state index in [1.54, 1.807) is 18.6 Å². The van der Waals surface area contributed by atoms with Gasteiger partial charge in [-0.25, -0.2) is 0 Å². The van der Waals surface area contributed by atoms with Crippen LogP contribution in [0.2, 0.25) is 0 Å². The first-order chi connectivity index (χ1) is 9.83. The number of furan rings is 1. The van der Waals surface area contributed by atoms with Crippen molar-refractivity contribution in [2.75, 3.05) is 0 Å². The minimum atomic E-state index is -0.261. The maximum atomic E-state index is 6.09. The predicted octanol–water partition coefficient (Wildman–Crippen LogP) is 2.96. The number of nitrogens with zero attached hydrogens (tertiary/aromatic N) is 2. The molecule has 5 nitrogen and oxygen atoms in total. The molecule has 0 unspecified atom stereocenters. The van der Waals surface area contributed by atoms with Crippen molar-refractivity contribution in [3.05, 3.63) is 60.4 Å². The van der Waals surface area contributed by atoms with Crippen LogP contribution in [-0.2, 0) is 6.42 Å². The second kappa shape index (κ2) is 5.71. The zero-order chi connectivity index (χ0) is 13.8. The molecule has 0 radical (unpaired) electrons. The Balaban J connectivity index is 1.64. The summed E-state index contributed by atoms with van der Waals surface area (Å²) in [4.78, 5) is 4.30. The third-order valence-electron chi connectivity index (χ3n) is 3.13. The Morgan fingerprint density at radius 3 is 2.75 bits per heavy atom. The summed E-state index contributed by atoms with van der Waals surface area (Å²) in [5.74, 6) is 0.959. The van der Waals surface area contributed by atoms with Gasteiger partial charge in [-0.2, -0.15) is 4.98 Å². The highest BCUT2D eigenvalue weighted by atomic mass is 16.5. The summed E-state index contributed by atoms with van der Waals surface area (Å²) in [6, 6.07) is 11.7. The molecule has 0 aliphatic rings. The first-order valence-electron chi connectivity index (χ1n) is 6.48. The number of benzene rings is 1. The number of aryl methyl sites for hydroxylation is 1. The van der Waals surface area contributed by atoms with E-state index < -0.39 is 0 Å². The number of aromatic nitrogens is 2. The number of nitrogens with two attached hydrogens (primary N) is 1. The largest absolute Gasteiger partial charge is 0.472 e. The molecule has 5 heteroatoms. The van der Waals surface area contributed by atoms with Gasteiger partial charge < -0.3 is 14.7 Å². The Morgan fingerprint density at radius 1 is 1.15 bits per heavy atom. The van der Waals surface area contributed by atoms with Gasteiger partial charge in [-0.05, 0) is 24.5 Å². The van der Waals surface area contributed by atoms with Gasteiger partial charge in [0.25, 0.3) is 0 Å². The molecule has 20 heavy (non-hydrogen) atoms. The highest BCUT2D eigenvalue weighted by molar-refractivity contribution is 5.51. The molecule has 2 N–H and O–H groups in total. The van der Waals surface area contributed by atoms with Crippen LogP contribution >= 0.6 is 0 Å². The minimum absolute atomic E-state index is 0.261. The summed E-state index contributed by atoms with van der Waals surface area (Å²) < 4.78 is 10.2. The number of hydrogen-bond donors (Lipinski definition) is 1. The lowest BCUT2D eigenvalue weighted by molar-refractivity contribution is 0.349. The quantitative estimate of drug-likeness (QED) is 0.770. The van der Waals surface area contributed by atoms with E-state index in [4.69, 9.17) is 14.7 Å². The van der Waals surface area contributed by atoms with Crippen LogP contribution in [0.5, 0.6) is 0 Å². The first kappa shape index (κ1) is 12.6. The summed E-state index contributed by atoms with van der Waals surface area (Å²) in [5, 5.41) is 3.91. The van der Waals surface area contributed by atoms with Crippen molar-refractivity contribution < 1.29 is 8.94 Å². The van der Waals surface area contributed by atoms with Crippen molar-refractivity contribution in [3.8, 4) is 11.4 Å². The second-order valence-electron chi connectivity index (χ2n) is 4.60. The smallest absolute Gasteiger partial charge is 0.243 e. The number of rotatable bonds is 5. The Bertz CT molecular complexity index is 647. The van der Waals surface area contributed by atoms with E-state index in [0.29, 0.717) is 11.7 Å². The van der Waals surface area contributed by atoms with Gasteiger partial charge in [0.2, 0.25) is 11.7 Å². The van der Waals surface area contributed by atoms with Gasteiger partial charge in [-0.3, -0.25) is 0 Å². The zero-order valence-corrected chi connectivity index (χ0v) is 10.9. The molecule has 2 heterocycles. The molecule has 0 amide bonds. The van der Waals surface area contributed by atoms with Crippen molar-refractivity contribution in [1.82, 2.24) is 10.1 Å². The molecule has 0 spiro atoms. The van der Waals surface area contributed by atoms with Gasteiger partial charge in [0.05, 0.1) is 17.9 Å². The summed E-state index contributed by atoms with van der Waals surface area (Å²) in [7, 11) is 0. The van der Waals surface area contributed by atoms with Crippen LogP contribution < -0.4 is 5.73 Å². The zero-order valence-electron chi connectivity index (χ0n) is 10.9. The van der Waals surface area contributed by atoms with Crippen LogP contribution in [-0.4, -0.2) is 10.1 Å². The molecule has 0 saturated carbocycles. The SMILES string of the molecule is N[C@@H](CCc1ccccc1)c1nc(-c2ccoc2)no1.